The molecule has 0 saturated heterocycles. The van der Waals surface area contributed by atoms with Gasteiger partial charge in [0.25, 0.3) is 0 Å². The van der Waals surface area contributed by atoms with Gasteiger partial charge in [-0.3, -0.25) is 9.67 Å². The van der Waals surface area contributed by atoms with Gasteiger partial charge in [-0.05, 0) is 24.6 Å². The zero-order valence-corrected chi connectivity index (χ0v) is 10.3. The first-order valence-electron chi connectivity index (χ1n) is 5.87. The summed E-state index contributed by atoms with van der Waals surface area (Å²) < 4.78 is 1.83. The van der Waals surface area contributed by atoms with Gasteiger partial charge in [-0.1, -0.05) is 6.07 Å². The van der Waals surface area contributed by atoms with Crippen LogP contribution in [0.1, 0.15) is 24.2 Å². The second-order valence-electron chi connectivity index (χ2n) is 4.19. The number of pyridine rings is 1. The fraction of sp³-hybridized carbons (Fsp3) is 0.385. The van der Waals surface area contributed by atoms with Gasteiger partial charge in [0, 0.05) is 44.6 Å². The average molecular weight is 230 g/mol. The minimum atomic E-state index is 0.326. The van der Waals surface area contributed by atoms with Crippen molar-refractivity contribution in [1.29, 1.82) is 0 Å². The predicted molar refractivity (Wildman–Crippen MR) is 67.6 cm³/mol. The number of nitrogens with one attached hydrogen (secondary N) is 1. The fourth-order valence-electron chi connectivity index (χ4n) is 1.76. The van der Waals surface area contributed by atoms with E-state index in [1.165, 1.54) is 5.56 Å². The van der Waals surface area contributed by atoms with Gasteiger partial charge in [-0.2, -0.15) is 5.10 Å². The van der Waals surface area contributed by atoms with Crippen LogP contribution in [0.5, 0.6) is 0 Å². The van der Waals surface area contributed by atoms with E-state index >= 15 is 0 Å². The molecule has 4 heteroatoms. The Morgan fingerprint density at radius 2 is 2.29 bits per heavy atom. The van der Waals surface area contributed by atoms with Crippen molar-refractivity contribution in [2.24, 2.45) is 7.05 Å². The molecule has 2 heterocycles. The van der Waals surface area contributed by atoms with Gasteiger partial charge in [-0.15, -0.1) is 0 Å². The number of rotatable bonds is 5. The standard InChI is InChI=1S/C13H18N4/c1-11(12-4-3-7-14-10-12)15-8-5-13-6-9-17(2)16-13/h3-4,6-7,9-11,15H,5,8H2,1-2H3. The second kappa shape index (κ2) is 5.59. The van der Waals surface area contributed by atoms with Crippen LogP contribution in [0.4, 0.5) is 0 Å². The molecule has 0 radical (unpaired) electrons. The highest BCUT2D eigenvalue weighted by Crippen LogP contribution is 2.09. The quantitative estimate of drug-likeness (QED) is 0.850. The largest absolute Gasteiger partial charge is 0.310 e. The lowest BCUT2D eigenvalue weighted by Crippen LogP contribution is -2.21. The van der Waals surface area contributed by atoms with Crippen molar-refractivity contribution in [3.8, 4) is 0 Å². The maximum atomic E-state index is 4.34. The van der Waals surface area contributed by atoms with Crippen LogP contribution in [0, 0.1) is 0 Å². The molecular formula is C13H18N4. The third-order valence-electron chi connectivity index (χ3n) is 2.78. The van der Waals surface area contributed by atoms with E-state index in [9.17, 15) is 0 Å². The summed E-state index contributed by atoms with van der Waals surface area (Å²) in [5, 5.41) is 7.81. The first kappa shape index (κ1) is 11.8. The summed E-state index contributed by atoms with van der Waals surface area (Å²) in [5.74, 6) is 0. The minimum absolute atomic E-state index is 0.326. The summed E-state index contributed by atoms with van der Waals surface area (Å²) in [4.78, 5) is 4.12. The maximum absolute atomic E-state index is 4.34. The zero-order valence-electron chi connectivity index (χ0n) is 10.3. The molecule has 2 aromatic heterocycles. The monoisotopic (exact) mass is 230 g/mol. The predicted octanol–water partition coefficient (Wildman–Crippen LogP) is 1.71. The topological polar surface area (TPSA) is 42.7 Å². The van der Waals surface area contributed by atoms with E-state index < -0.39 is 0 Å². The lowest BCUT2D eigenvalue weighted by molar-refractivity contribution is 0.569. The molecule has 0 saturated carbocycles. The number of aryl methyl sites for hydroxylation is 1. The van der Waals surface area contributed by atoms with E-state index in [0.717, 1.165) is 18.7 Å². The Morgan fingerprint density at radius 3 is 2.94 bits per heavy atom. The Kier molecular flexibility index (Phi) is 3.88. The Hall–Kier alpha value is -1.68. The van der Waals surface area contributed by atoms with E-state index in [1.807, 2.05) is 30.2 Å². The highest BCUT2D eigenvalue weighted by Gasteiger charge is 2.04. The summed E-state index contributed by atoms with van der Waals surface area (Å²) >= 11 is 0. The molecule has 0 fully saturated rings. The van der Waals surface area contributed by atoms with E-state index in [0.29, 0.717) is 6.04 Å². The molecule has 2 aromatic rings. The van der Waals surface area contributed by atoms with Gasteiger partial charge < -0.3 is 5.32 Å². The Balaban J connectivity index is 1.79. The summed E-state index contributed by atoms with van der Waals surface area (Å²) in [6.07, 6.45) is 6.62. The third-order valence-corrected chi connectivity index (χ3v) is 2.78. The van der Waals surface area contributed by atoms with Gasteiger partial charge in [0.1, 0.15) is 0 Å². The van der Waals surface area contributed by atoms with Gasteiger partial charge in [-0.25, -0.2) is 0 Å². The maximum Gasteiger partial charge on any atom is 0.0637 e. The van der Waals surface area contributed by atoms with Crippen molar-refractivity contribution in [2.45, 2.75) is 19.4 Å². The summed E-state index contributed by atoms with van der Waals surface area (Å²) in [7, 11) is 1.94. The average Bonchev–Trinajstić information content (AvgIpc) is 2.76. The van der Waals surface area contributed by atoms with Crippen molar-refractivity contribution in [2.75, 3.05) is 6.54 Å². The van der Waals surface area contributed by atoms with Gasteiger partial charge in [0.05, 0.1) is 5.69 Å². The molecule has 0 aliphatic heterocycles. The Labute approximate surface area is 102 Å². The molecule has 0 aliphatic rings. The van der Waals surface area contributed by atoms with Crippen molar-refractivity contribution >= 4 is 0 Å². The number of nitrogens with zero attached hydrogens (tertiary/aromatic N) is 3. The lowest BCUT2D eigenvalue weighted by Gasteiger charge is -2.12. The number of hydrogen-bond donors (Lipinski definition) is 1. The SMILES string of the molecule is CC(NCCc1ccn(C)n1)c1cccnc1. The third kappa shape index (κ3) is 3.39. The highest BCUT2D eigenvalue weighted by molar-refractivity contribution is 5.12. The fourth-order valence-corrected chi connectivity index (χ4v) is 1.76. The highest BCUT2D eigenvalue weighted by atomic mass is 15.2. The van der Waals surface area contributed by atoms with Crippen molar-refractivity contribution < 1.29 is 0 Å². The molecule has 0 spiro atoms. The van der Waals surface area contributed by atoms with E-state index in [2.05, 4.69) is 34.5 Å². The molecule has 90 valence electrons. The van der Waals surface area contributed by atoms with E-state index in [-0.39, 0.29) is 0 Å². The minimum Gasteiger partial charge on any atom is -0.310 e. The molecule has 1 atom stereocenters. The van der Waals surface area contributed by atoms with Crippen LogP contribution in [-0.2, 0) is 13.5 Å². The van der Waals surface area contributed by atoms with Crippen LogP contribution < -0.4 is 5.32 Å². The molecule has 4 nitrogen and oxygen atoms in total. The molecule has 2 rings (SSSR count). The van der Waals surface area contributed by atoms with E-state index in [4.69, 9.17) is 0 Å². The Morgan fingerprint density at radius 1 is 1.41 bits per heavy atom. The van der Waals surface area contributed by atoms with Crippen molar-refractivity contribution in [1.82, 2.24) is 20.1 Å². The molecular weight excluding hydrogens is 212 g/mol. The first-order chi connectivity index (χ1) is 8.25. The smallest absolute Gasteiger partial charge is 0.0637 e. The molecule has 1 N–H and O–H groups in total. The zero-order chi connectivity index (χ0) is 12.1. The van der Waals surface area contributed by atoms with E-state index in [1.54, 1.807) is 6.20 Å². The van der Waals surface area contributed by atoms with Crippen LogP contribution in [0.15, 0.2) is 36.8 Å². The molecule has 17 heavy (non-hydrogen) atoms. The molecule has 0 amide bonds. The van der Waals surface area contributed by atoms with Gasteiger partial charge in [0.15, 0.2) is 0 Å². The second-order valence-corrected chi connectivity index (χ2v) is 4.19. The van der Waals surface area contributed by atoms with Crippen LogP contribution >= 0.6 is 0 Å². The van der Waals surface area contributed by atoms with Crippen molar-refractivity contribution in [3.63, 3.8) is 0 Å². The van der Waals surface area contributed by atoms with Crippen LogP contribution in [-0.4, -0.2) is 21.3 Å². The number of hydrogen-bond acceptors (Lipinski definition) is 3. The summed E-state index contributed by atoms with van der Waals surface area (Å²) in [6, 6.07) is 6.43. The van der Waals surface area contributed by atoms with Gasteiger partial charge >= 0.3 is 0 Å². The molecule has 1 unspecified atom stereocenters. The summed E-state index contributed by atoms with van der Waals surface area (Å²) in [5.41, 5.74) is 2.34. The van der Waals surface area contributed by atoms with Crippen LogP contribution in [0.25, 0.3) is 0 Å². The van der Waals surface area contributed by atoms with Crippen LogP contribution in [0.2, 0.25) is 0 Å². The number of aromatic nitrogens is 3. The lowest BCUT2D eigenvalue weighted by atomic mass is 10.1. The Bertz CT molecular complexity index is 449. The molecule has 0 aliphatic carbocycles. The van der Waals surface area contributed by atoms with Gasteiger partial charge in [0.2, 0.25) is 0 Å². The molecule has 0 aromatic carbocycles. The van der Waals surface area contributed by atoms with Crippen LogP contribution in [0.3, 0.4) is 0 Å². The summed E-state index contributed by atoms with van der Waals surface area (Å²) in [6.45, 7) is 3.07. The normalized spacial score (nSPS) is 12.6. The molecule has 0 bridgehead atoms. The first-order valence-corrected chi connectivity index (χ1v) is 5.87. The van der Waals surface area contributed by atoms with Crippen molar-refractivity contribution in [3.05, 3.63) is 48.0 Å².